The number of hydrogen-bond donors (Lipinski definition) is 3. The van der Waals surface area contributed by atoms with E-state index in [9.17, 15) is 0 Å². The number of nitrogen functional groups attached to an aromatic ring is 2. The Morgan fingerprint density at radius 3 is 2.81 bits per heavy atom. The molecule has 5 N–H and O–H groups in total. The maximum atomic E-state index is 6.20. The van der Waals surface area contributed by atoms with Crippen molar-refractivity contribution in [2.75, 3.05) is 23.5 Å². The Bertz CT molecular complexity index is 691. The summed E-state index contributed by atoms with van der Waals surface area (Å²) in [5, 5.41) is 4.46. The fourth-order valence-electron chi connectivity index (χ4n) is 2.29. The number of nitrogens with one attached hydrogen (secondary N) is 1. The van der Waals surface area contributed by atoms with Crippen LogP contribution in [0.5, 0.6) is 0 Å². The van der Waals surface area contributed by atoms with Crippen LogP contribution in [0.4, 0.5) is 17.6 Å². The van der Waals surface area contributed by atoms with Gasteiger partial charge < -0.3 is 16.8 Å². The third-order valence-corrected chi connectivity index (χ3v) is 3.90. The molecule has 0 unspecified atom stereocenters. The Morgan fingerprint density at radius 2 is 2.05 bits per heavy atom. The summed E-state index contributed by atoms with van der Waals surface area (Å²) in [6.07, 6.45) is 0. The molecule has 8 heteroatoms. The number of rotatable bonds is 2. The number of benzene rings is 1. The van der Waals surface area contributed by atoms with E-state index in [4.69, 9.17) is 34.7 Å². The van der Waals surface area contributed by atoms with E-state index in [0.717, 1.165) is 11.1 Å². The van der Waals surface area contributed by atoms with Crippen LogP contribution in [0.25, 0.3) is 0 Å². The summed E-state index contributed by atoms with van der Waals surface area (Å²) in [5.74, 6) is 1.27. The van der Waals surface area contributed by atoms with Gasteiger partial charge in [0.05, 0.1) is 12.2 Å². The van der Waals surface area contributed by atoms with Gasteiger partial charge >= 0.3 is 0 Å². The zero-order valence-electron chi connectivity index (χ0n) is 11.1. The Balaban J connectivity index is 1.80. The number of nitrogens with zero attached hydrogens (tertiary/aromatic N) is 3. The van der Waals surface area contributed by atoms with Crippen molar-refractivity contribution < 1.29 is 0 Å². The van der Waals surface area contributed by atoms with Crippen molar-refractivity contribution in [1.82, 2.24) is 14.9 Å². The summed E-state index contributed by atoms with van der Waals surface area (Å²) in [4.78, 5) is 10.3. The molecule has 0 saturated carbocycles. The average molecular weight is 325 g/mol. The Morgan fingerprint density at radius 1 is 1.24 bits per heavy atom. The molecule has 0 fully saturated rings. The highest BCUT2D eigenvalue weighted by molar-refractivity contribution is 6.35. The van der Waals surface area contributed by atoms with Crippen molar-refractivity contribution in [2.24, 2.45) is 0 Å². The summed E-state index contributed by atoms with van der Waals surface area (Å²) in [7, 11) is 0. The third-order valence-electron chi connectivity index (χ3n) is 3.32. The Labute approximate surface area is 132 Å². The molecule has 0 bridgehead atoms. The topological polar surface area (TPSA) is 93.1 Å². The van der Waals surface area contributed by atoms with Crippen LogP contribution in [-0.4, -0.2) is 21.5 Å². The fourth-order valence-corrected chi connectivity index (χ4v) is 2.76. The molecule has 2 heterocycles. The largest absolute Gasteiger partial charge is 0.383 e. The molecular weight excluding hydrogens is 311 g/mol. The molecule has 110 valence electrons. The van der Waals surface area contributed by atoms with Gasteiger partial charge in [0.15, 0.2) is 0 Å². The van der Waals surface area contributed by atoms with Crippen molar-refractivity contribution in [2.45, 2.75) is 13.1 Å². The van der Waals surface area contributed by atoms with Crippen molar-refractivity contribution >= 4 is 40.8 Å². The molecule has 6 nitrogen and oxygen atoms in total. The van der Waals surface area contributed by atoms with Gasteiger partial charge in [-0.2, -0.15) is 9.97 Å². The SMILES string of the molecule is Nc1nc(N)c2c(n1)NCN(Cc1ccc(Cl)cc1Cl)C2. The van der Waals surface area contributed by atoms with Crippen LogP contribution in [0.15, 0.2) is 18.2 Å². The maximum absolute atomic E-state index is 6.20. The zero-order chi connectivity index (χ0) is 15.0. The van der Waals surface area contributed by atoms with E-state index < -0.39 is 0 Å². The summed E-state index contributed by atoms with van der Waals surface area (Å²) in [6, 6.07) is 5.48. The lowest BCUT2D eigenvalue weighted by Gasteiger charge is -2.29. The first-order valence-corrected chi connectivity index (χ1v) is 7.10. The predicted molar refractivity (Wildman–Crippen MR) is 85.1 cm³/mol. The van der Waals surface area contributed by atoms with Crippen LogP contribution in [0, 0.1) is 0 Å². The number of aromatic nitrogens is 2. The van der Waals surface area contributed by atoms with Gasteiger partial charge in [0.1, 0.15) is 11.6 Å². The number of nitrogens with two attached hydrogens (primary N) is 2. The molecular formula is C13H14Cl2N6. The van der Waals surface area contributed by atoms with Gasteiger partial charge in [-0.15, -0.1) is 0 Å². The van der Waals surface area contributed by atoms with Crippen molar-refractivity contribution in [3.05, 3.63) is 39.4 Å². The Kier molecular flexibility index (Phi) is 3.75. The lowest BCUT2D eigenvalue weighted by molar-refractivity contribution is 0.266. The Hall–Kier alpha value is -1.76. The minimum atomic E-state index is 0.174. The monoisotopic (exact) mass is 324 g/mol. The molecule has 1 aromatic carbocycles. The second kappa shape index (κ2) is 5.55. The van der Waals surface area contributed by atoms with Crippen LogP contribution < -0.4 is 16.8 Å². The first-order chi connectivity index (χ1) is 10.0. The quantitative estimate of drug-likeness (QED) is 0.785. The van der Waals surface area contributed by atoms with Crippen molar-refractivity contribution in [3.63, 3.8) is 0 Å². The molecule has 1 aliphatic heterocycles. The highest BCUT2D eigenvalue weighted by atomic mass is 35.5. The molecule has 0 aliphatic carbocycles. The van der Waals surface area contributed by atoms with Gasteiger partial charge in [0.2, 0.25) is 5.95 Å². The van der Waals surface area contributed by atoms with Crippen LogP contribution >= 0.6 is 23.2 Å². The minimum Gasteiger partial charge on any atom is -0.383 e. The lowest BCUT2D eigenvalue weighted by atomic mass is 10.1. The fraction of sp³-hybridized carbons (Fsp3) is 0.231. The summed E-state index contributed by atoms with van der Waals surface area (Å²) in [6.45, 7) is 1.93. The molecule has 1 aromatic heterocycles. The third kappa shape index (κ3) is 2.97. The van der Waals surface area contributed by atoms with Crippen LogP contribution in [0.3, 0.4) is 0 Å². The average Bonchev–Trinajstić information content (AvgIpc) is 2.42. The van der Waals surface area contributed by atoms with E-state index in [1.807, 2.05) is 12.1 Å². The van der Waals surface area contributed by atoms with Crippen LogP contribution in [0.2, 0.25) is 10.0 Å². The van der Waals surface area contributed by atoms with E-state index in [1.54, 1.807) is 6.07 Å². The minimum absolute atomic E-state index is 0.174. The molecule has 0 spiro atoms. The first kappa shape index (κ1) is 14.2. The number of hydrogen-bond acceptors (Lipinski definition) is 6. The first-order valence-electron chi connectivity index (χ1n) is 6.35. The van der Waals surface area contributed by atoms with E-state index in [-0.39, 0.29) is 5.95 Å². The van der Waals surface area contributed by atoms with E-state index in [1.165, 1.54) is 0 Å². The second-order valence-electron chi connectivity index (χ2n) is 4.85. The normalized spacial score (nSPS) is 14.6. The van der Waals surface area contributed by atoms with Gasteiger partial charge in [-0.3, -0.25) is 4.90 Å². The summed E-state index contributed by atoms with van der Waals surface area (Å²) < 4.78 is 0. The summed E-state index contributed by atoms with van der Waals surface area (Å²) in [5.41, 5.74) is 13.3. The number of fused-ring (bicyclic) bond motifs is 1. The van der Waals surface area contributed by atoms with E-state index >= 15 is 0 Å². The number of halogens is 2. The molecule has 21 heavy (non-hydrogen) atoms. The zero-order valence-corrected chi connectivity index (χ0v) is 12.6. The molecule has 0 radical (unpaired) electrons. The van der Waals surface area contributed by atoms with E-state index in [0.29, 0.717) is 41.4 Å². The molecule has 1 aliphatic rings. The highest BCUT2D eigenvalue weighted by Crippen LogP contribution is 2.28. The molecule has 0 atom stereocenters. The second-order valence-corrected chi connectivity index (χ2v) is 5.70. The predicted octanol–water partition coefficient (Wildman–Crippen LogP) is 2.33. The van der Waals surface area contributed by atoms with Gasteiger partial charge in [-0.05, 0) is 17.7 Å². The van der Waals surface area contributed by atoms with Gasteiger partial charge in [-0.25, -0.2) is 0 Å². The summed E-state index contributed by atoms with van der Waals surface area (Å²) >= 11 is 12.1. The molecule has 0 amide bonds. The van der Waals surface area contributed by atoms with E-state index in [2.05, 4.69) is 20.2 Å². The van der Waals surface area contributed by atoms with Gasteiger partial charge in [0, 0.05) is 23.1 Å². The highest BCUT2D eigenvalue weighted by Gasteiger charge is 2.21. The lowest BCUT2D eigenvalue weighted by Crippen LogP contribution is -2.34. The number of anilines is 3. The van der Waals surface area contributed by atoms with Gasteiger partial charge in [-0.1, -0.05) is 29.3 Å². The standard InChI is InChI=1S/C13H14Cl2N6/c14-8-2-1-7(10(15)3-8)4-21-5-9-11(16)19-13(17)20-12(9)18-6-21/h1-3H,4-6H2,(H5,16,17,18,19,20). The van der Waals surface area contributed by atoms with Crippen molar-refractivity contribution in [3.8, 4) is 0 Å². The smallest absolute Gasteiger partial charge is 0.223 e. The van der Waals surface area contributed by atoms with Crippen molar-refractivity contribution in [1.29, 1.82) is 0 Å². The van der Waals surface area contributed by atoms with Crippen LogP contribution in [-0.2, 0) is 13.1 Å². The van der Waals surface area contributed by atoms with Crippen LogP contribution in [0.1, 0.15) is 11.1 Å². The molecule has 0 saturated heterocycles. The molecule has 2 aromatic rings. The maximum Gasteiger partial charge on any atom is 0.223 e. The van der Waals surface area contributed by atoms with Gasteiger partial charge in [0.25, 0.3) is 0 Å². The molecule has 3 rings (SSSR count).